The zero-order valence-corrected chi connectivity index (χ0v) is 15.2. The van der Waals surface area contributed by atoms with Crippen LogP contribution in [0, 0.1) is 5.92 Å². The van der Waals surface area contributed by atoms with E-state index >= 15 is 0 Å². The van der Waals surface area contributed by atoms with Crippen molar-refractivity contribution < 1.29 is 4.79 Å². The molecular weight excluding hydrogens is 324 g/mol. The molecule has 0 radical (unpaired) electrons. The van der Waals surface area contributed by atoms with Crippen molar-refractivity contribution in [3.8, 4) is 0 Å². The number of hydrogen-bond donors (Lipinski definition) is 0. The van der Waals surface area contributed by atoms with Gasteiger partial charge in [-0.1, -0.05) is 25.4 Å². The summed E-state index contributed by atoms with van der Waals surface area (Å²) >= 11 is 6.03. The average Bonchev–Trinajstić information content (AvgIpc) is 2.74. The summed E-state index contributed by atoms with van der Waals surface area (Å²) in [5.74, 6) is 0.705. The van der Waals surface area contributed by atoms with Gasteiger partial charge in [-0.05, 0) is 24.5 Å². The molecule has 2 aromatic rings. The molecule has 5 nitrogen and oxygen atoms in total. The zero-order valence-electron chi connectivity index (χ0n) is 14.4. The maximum Gasteiger partial charge on any atom is 0.222 e. The fourth-order valence-corrected chi connectivity index (χ4v) is 3.35. The Hall–Kier alpha value is -1.59. The number of rotatable bonds is 4. The van der Waals surface area contributed by atoms with Crippen LogP contribution < -0.4 is 0 Å². The van der Waals surface area contributed by atoms with Gasteiger partial charge in [0.05, 0.1) is 10.7 Å². The quantitative estimate of drug-likeness (QED) is 0.852. The predicted octanol–water partition coefficient (Wildman–Crippen LogP) is 3.07. The van der Waals surface area contributed by atoms with E-state index in [9.17, 15) is 4.79 Å². The van der Waals surface area contributed by atoms with Crippen LogP contribution in [0.25, 0.3) is 5.65 Å². The highest BCUT2D eigenvalue weighted by Gasteiger charge is 2.20. The number of imidazole rings is 1. The highest BCUT2D eigenvalue weighted by atomic mass is 35.5. The van der Waals surface area contributed by atoms with Crippen LogP contribution in [0.15, 0.2) is 24.5 Å². The van der Waals surface area contributed by atoms with Gasteiger partial charge < -0.3 is 9.30 Å². The molecule has 1 aliphatic heterocycles. The molecule has 0 N–H and O–H groups in total. The van der Waals surface area contributed by atoms with Crippen LogP contribution in [0.2, 0.25) is 5.02 Å². The summed E-state index contributed by atoms with van der Waals surface area (Å²) in [6.07, 6.45) is 5.58. The van der Waals surface area contributed by atoms with Crippen molar-refractivity contribution in [1.82, 2.24) is 19.2 Å². The van der Waals surface area contributed by atoms with Gasteiger partial charge >= 0.3 is 0 Å². The molecule has 3 rings (SSSR count). The molecule has 130 valence electrons. The maximum atomic E-state index is 12.3. The van der Waals surface area contributed by atoms with Crippen LogP contribution in [0.5, 0.6) is 0 Å². The minimum Gasteiger partial charge on any atom is -0.341 e. The van der Waals surface area contributed by atoms with Crippen molar-refractivity contribution in [2.45, 2.75) is 33.2 Å². The molecule has 2 aromatic heterocycles. The number of halogens is 1. The first-order valence-corrected chi connectivity index (χ1v) is 9.02. The molecule has 3 heterocycles. The molecule has 1 fully saturated rings. The van der Waals surface area contributed by atoms with Gasteiger partial charge in [0.1, 0.15) is 5.65 Å². The summed E-state index contributed by atoms with van der Waals surface area (Å²) in [7, 11) is 0. The average molecular weight is 349 g/mol. The van der Waals surface area contributed by atoms with Gasteiger partial charge in [-0.2, -0.15) is 0 Å². The van der Waals surface area contributed by atoms with Crippen LogP contribution in [0.1, 0.15) is 32.4 Å². The molecule has 0 bridgehead atoms. The first-order chi connectivity index (χ1) is 11.5. The third-order valence-corrected chi connectivity index (χ3v) is 4.60. The highest BCUT2D eigenvalue weighted by molar-refractivity contribution is 6.30. The zero-order chi connectivity index (χ0) is 17.1. The Morgan fingerprint density at radius 2 is 2.04 bits per heavy atom. The van der Waals surface area contributed by atoms with Crippen molar-refractivity contribution in [3.63, 3.8) is 0 Å². The predicted molar refractivity (Wildman–Crippen MR) is 96.1 cm³/mol. The van der Waals surface area contributed by atoms with Crippen molar-refractivity contribution in [1.29, 1.82) is 0 Å². The third-order valence-electron chi connectivity index (χ3n) is 4.37. The molecule has 0 spiro atoms. The molecule has 0 unspecified atom stereocenters. The van der Waals surface area contributed by atoms with Crippen LogP contribution in [-0.2, 0) is 11.3 Å². The van der Waals surface area contributed by atoms with E-state index in [0.29, 0.717) is 17.4 Å². The maximum absolute atomic E-state index is 12.3. The number of carbonyl (C=O) groups is 1. The Kier molecular flexibility index (Phi) is 5.41. The summed E-state index contributed by atoms with van der Waals surface area (Å²) in [6, 6.07) is 3.79. The Morgan fingerprint density at radius 3 is 2.83 bits per heavy atom. The normalized spacial score (nSPS) is 16.8. The Labute approximate surface area is 148 Å². The fourth-order valence-electron chi connectivity index (χ4n) is 3.18. The summed E-state index contributed by atoms with van der Waals surface area (Å²) < 4.78 is 1.97. The Morgan fingerprint density at radius 1 is 1.21 bits per heavy atom. The molecule has 1 aliphatic rings. The van der Waals surface area contributed by atoms with Crippen LogP contribution in [-0.4, -0.2) is 51.3 Å². The minimum atomic E-state index is 0.286. The summed E-state index contributed by atoms with van der Waals surface area (Å²) in [6.45, 7) is 8.58. The number of aromatic nitrogens is 2. The lowest BCUT2D eigenvalue weighted by atomic mass is 10.1. The van der Waals surface area contributed by atoms with Gasteiger partial charge in [0, 0.05) is 51.5 Å². The number of amides is 1. The minimum absolute atomic E-state index is 0.286. The van der Waals surface area contributed by atoms with E-state index in [-0.39, 0.29) is 5.91 Å². The van der Waals surface area contributed by atoms with Gasteiger partial charge in [-0.25, -0.2) is 4.98 Å². The fraction of sp³-hybridized carbons (Fsp3) is 0.556. The Balaban J connectivity index is 1.60. The van der Waals surface area contributed by atoms with Crippen molar-refractivity contribution >= 4 is 23.2 Å². The van der Waals surface area contributed by atoms with Gasteiger partial charge in [0.2, 0.25) is 5.91 Å². The van der Waals surface area contributed by atoms with Crippen molar-refractivity contribution in [3.05, 3.63) is 35.2 Å². The van der Waals surface area contributed by atoms with E-state index in [1.165, 1.54) is 0 Å². The molecule has 0 atom stereocenters. The monoisotopic (exact) mass is 348 g/mol. The van der Waals surface area contributed by atoms with Gasteiger partial charge in [0.25, 0.3) is 0 Å². The second-order valence-corrected chi connectivity index (χ2v) is 7.39. The third kappa shape index (κ3) is 4.28. The lowest BCUT2D eigenvalue weighted by Gasteiger charge is -2.22. The number of hydrogen-bond acceptors (Lipinski definition) is 3. The lowest BCUT2D eigenvalue weighted by Crippen LogP contribution is -2.35. The topological polar surface area (TPSA) is 40.9 Å². The van der Waals surface area contributed by atoms with Gasteiger partial charge in [-0.15, -0.1) is 0 Å². The molecule has 1 saturated heterocycles. The van der Waals surface area contributed by atoms with Crippen molar-refractivity contribution in [2.75, 3.05) is 26.2 Å². The molecule has 0 saturated carbocycles. The molecule has 1 amide bonds. The smallest absolute Gasteiger partial charge is 0.222 e. The SMILES string of the molecule is CC(C)CC(=O)N1CCCN(Cc2cn3cc(Cl)ccc3n2)CC1. The number of fused-ring (bicyclic) bond motifs is 1. The summed E-state index contributed by atoms with van der Waals surface area (Å²) in [4.78, 5) is 21.3. The second kappa shape index (κ2) is 7.53. The second-order valence-electron chi connectivity index (χ2n) is 6.95. The lowest BCUT2D eigenvalue weighted by molar-refractivity contribution is -0.131. The number of carbonyl (C=O) groups excluding carboxylic acids is 1. The summed E-state index contributed by atoms with van der Waals surface area (Å²) in [5, 5.41) is 0.709. The largest absolute Gasteiger partial charge is 0.341 e. The van der Waals surface area contributed by atoms with E-state index in [2.05, 4.69) is 23.7 Å². The van der Waals surface area contributed by atoms with Crippen LogP contribution in [0.3, 0.4) is 0 Å². The Bertz CT molecular complexity index is 712. The first kappa shape index (κ1) is 17.2. The van der Waals surface area contributed by atoms with Crippen LogP contribution >= 0.6 is 11.6 Å². The standard InChI is InChI=1S/C18H25ClN4O/c1-14(2)10-18(24)22-7-3-6-21(8-9-22)12-16-13-23-11-15(19)4-5-17(23)20-16/h4-5,11,13-14H,3,6-10,12H2,1-2H3. The van der Waals surface area contributed by atoms with E-state index in [1.54, 1.807) is 0 Å². The molecular formula is C18H25ClN4O. The van der Waals surface area contributed by atoms with Crippen molar-refractivity contribution in [2.24, 2.45) is 5.92 Å². The van der Waals surface area contributed by atoms with E-state index in [4.69, 9.17) is 11.6 Å². The number of nitrogens with zero attached hydrogens (tertiary/aromatic N) is 4. The molecule has 0 aromatic carbocycles. The van der Waals surface area contributed by atoms with E-state index in [1.807, 2.05) is 33.8 Å². The van der Waals surface area contributed by atoms with Gasteiger partial charge in [-0.3, -0.25) is 9.69 Å². The van der Waals surface area contributed by atoms with Gasteiger partial charge in [0.15, 0.2) is 0 Å². The molecule has 6 heteroatoms. The first-order valence-electron chi connectivity index (χ1n) is 8.64. The molecule has 0 aliphatic carbocycles. The van der Waals surface area contributed by atoms with E-state index in [0.717, 1.165) is 50.5 Å². The molecule has 24 heavy (non-hydrogen) atoms. The van der Waals surface area contributed by atoms with Crippen LogP contribution in [0.4, 0.5) is 0 Å². The number of pyridine rings is 1. The highest BCUT2D eigenvalue weighted by Crippen LogP contribution is 2.14. The summed E-state index contributed by atoms with van der Waals surface area (Å²) in [5.41, 5.74) is 1.96. The van der Waals surface area contributed by atoms with E-state index < -0.39 is 0 Å².